The minimum atomic E-state index is -0.718. The molecular formula is C95H118N20O22. The van der Waals surface area contributed by atoms with Crippen LogP contribution in [0.4, 0.5) is 0 Å². The van der Waals surface area contributed by atoms with Crippen LogP contribution < -0.4 is 123 Å². The molecule has 5 aromatic heterocycles. The van der Waals surface area contributed by atoms with Crippen LogP contribution in [0.2, 0.25) is 0 Å². The monoisotopic (exact) mass is 1890 g/mol. The highest BCUT2D eigenvalue weighted by Gasteiger charge is 2.23. The Bertz CT molecular complexity index is 6300. The fraction of sp³-hybridized carbons (Fsp3) is 0.295. The van der Waals surface area contributed by atoms with Gasteiger partial charge in [0.05, 0.1) is 115 Å². The van der Waals surface area contributed by atoms with Gasteiger partial charge in [-0.3, -0.25) is 71.6 Å². The molecule has 0 aliphatic carbocycles. The molecule has 42 heteroatoms. The molecule has 7 aromatic carbocycles. The molecule has 0 aliphatic rings. The highest BCUT2D eigenvalue weighted by molar-refractivity contribution is 5.93. The number of rotatable bonds is 36. The van der Waals surface area contributed by atoms with E-state index in [0.717, 1.165) is 89.8 Å². The maximum absolute atomic E-state index is 13.4. The predicted octanol–water partition coefficient (Wildman–Crippen LogP) is 3.76. The first-order valence-corrected chi connectivity index (χ1v) is 42.8. The molecule has 0 unspecified atom stereocenters. The Morgan fingerprint density at radius 2 is 0.715 bits per heavy atom. The topological polar surface area (TPSA) is 604 Å². The number of H-pyrrole nitrogens is 2. The zero-order valence-electron chi connectivity index (χ0n) is 77.7. The van der Waals surface area contributed by atoms with Crippen LogP contribution >= 0.6 is 0 Å². The molecule has 0 aliphatic heterocycles. The number of aromatic nitrogens is 10. The lowest BCUT2D eigenvalue weighted by atomic mass is 10.2. The number of aromatic amines is 2. The average Bonchev–Trinajstić information content (AvgIpc) is 1.01. The standard InChI is InChI=1S/C25H28N2O6.C24H28N6O5.C23H26N4O5.C9H12N2O4.C8H10O2.C4H6N4.C2H8N2/c1-4-5-14-33-24(29)22-15-23(28)27(17-19-8-12-21(32-3)13-9-19)25(30)26(22)16-18-6-10-20(31-2)11-7-18;1-34-18-7-3-16(4-8-18)14-29-20(22(32)27-11-12-28-23(25)26)13-21(31)30(24(29)33)15-17-5-9-19(35-2)10-6-17;1-31-18-7-3-16(4-8-18)14-26-20(22(29)25-12-11-24)13-21(28)27(23(26)30)15-17-5-9-19(32-2)10-6-17;1-2-3-4-15-8(13)6-5-7(12)11-9(14)10-6;1-10-8-4-2-7(6-9)3-5-8;5-4(6)8-3-1-2-7-8;3-1-2-4/h6-13,15H,4-5,14,16-17H2,1-3H3;3-10,13H,11-12,14-15H2,1-2H3,(H,27,32)(H4,25,26,28);3-10,13H,11-12,14-15,24H2,1-2H3,(H,25,29);5H,2-4H2,1H3,(H2,10,11,12,14);2-5,9H,6H2,1H3;1-3H,(H3,5,6);1-4H2. The Morgan fingerprint density at radius 1 is 0.409 bits per heavy atom. The van der Waals surface area contributed by atoms with Gasteiger partial charge in [0, 0.05) is 69.4 Å². The molecule has 137 heavy (non-hydrogen) atoms. The van der Waals surface area contributed by atoms with Gasteiger partial charge in [-0.2, -0.15) is 5.10 Å². The minimum absolute atomic E-state index is 0.0183. The molecule has 0 spiro atoms. The van der Waals surface area contributed by atoms with Crippen LogP contribution in [0, 0.1) is 5.41 Å². The van der Waals surface area contributed by atoms with Crippen LogP contribution in [0.25, 0.3) is 0 Å². The number of aliphatic imine (C=N–C) groups is 1. The third-order valence-electron chi connectivity index (χ3n) is 19.3. The number of aliphatic hydroxyl groups excluding tert-OH is 1. The van der Waals surface area contributed by atoms with Gasteiger partial charge >= 0.3 is 34.7 Å². The average molecular weight is 1890 g/mol. The maximum atomic E-state index is 13.4. The van der Waals surface area contributed by atoms with Crippen LogP contribution in [0.3, 0.4) is 0 Å². The number of hydrogen-bond donors (Lipinski definition) is 12. The van der Waals surface area contributed by atoms with Crippen molar-refractivity contribution in [2.45, 2.75) is 85.4 Å². The number of amides is 2. The Kier molecular flexibility index (Phi) is 46.6. The molecule has 2 amide bonds. The lowest BCUT2D eigenvalue weighted by Gasteiger charge is -2.16. The molecule has 18 N–H and O–H groups in total. The normalized spacial score (nSPS) is 10.2. The summed E-state index contributed by atoms with van der Waals surface area (Å²) in [7, 11) is 11.0. The largest absolute Gasteiger partial charge is 0.497 e. The third-order valence-corrected chi connectivity index (χ3v) is 19.3. The smallest absolute Gasteiger partial charge is 0.355 e. The van der Waals surface area contributed by atoms with Crippen molar-refractivity contribution in [3.63, 3.8) is 0 Å². The number of nitrogens with two attached hydrogens (primary N) is 6. The molecule has 0 radical (unpaired) electrons. The van der Waals surface area contributed by atoms with E-state index in [-0.39, 0.29) is 120 Å². The van der Waals surface area contributed by atoms with E-state index in [2.05, 4.69) is 25.7 Å². The molecule has 0 saturated carbocycles. The van der Waals surface area contributed by atoms with Crippen molar-refractivity contribution in [2.24, 2.45) is 39.4 Å². The molecule has 12 aromatic rings. The van der Waals surface area contributed by atoms with Crippen LogP contribution in [0.1, 0.15) is 120 Å². The number of methoxy groups -OCH3 is 7. The Morgan fingerprint density at radius 3 is 0.985 bits per heavy atom. The molecule has 0 saturated heterocycles. The van der Waals surface area contributed by atoms with Crippen LogP contribution in [0.5, 0.6) is 40.2 Å². The van der Waals surface area contributed by atoms with Crippen molar-refractivity contribution in [3.8, 4) is 40.2 Å². The van der Waals surface area contributed by atoms with E-state index in [0.29, 0.717) is 54.0 Å². The Balaban J connectivity index is 0.000000266. The summed E-state index contributed by atoms with van der Waals surface area (Å²) in [5.74, 6) is 2.16. The summed E-state index contributed by atoms with van der Waals surface area (Å²) in [4.78, 5) is 158. The summed E-state index contributed by atoms with van der Waals surface area (Å²) >= 11 is 0. The number of aliphatic hydroxyl groups is 1. The van der Waals surface area contributed by atoms with Gasteiger partial charge in [0.1, 0.15) is 63.0 Å². The van der Waals surface area contributed by atoms with Gasteiger partial charge in [0.25, 0.3) is 34.1 Å². The molecule has 42 nitrogen and oxygen atoms in total. The van der Waals surface area contributed by atoms with Crippen molar-refractivity contribution in [1.82, 2.24) is 57.8 Å². The van der Waals surface area contributed by atoms with Crippen molar-refractivity contribution in [1.29, 1.82) is 5.41 Å². The molecule has 5 heterocycles. The number of hydrogen-bond acceptors (Lipinski definition) is 28. The third kappa shape index (κ3) is 35.9. The highest BCUT2D eigenvalue weighted by Crippen LogP contribution is 2.20. The van der Waals surface area contributed by atoms with Crippen LogP contribution in [-0.4, -0.2) is 190 Å². The Labute approximate surface area is 787 Å². The second-order valence-electron chi connectivity index (χ2n) is 29.1. The fourth-order valence-electron chi connectivity index (χ4n) is 12.0. The highest BCUT2D eigenvalue weighted by atomic mass is 16.5. The van der Waals surface area contributed by atoms with Gasteiger partial charge in [-0.1, -0.05) is 112 Å². The SMILES string of the molecule is CCCCOC(=O)c1cc(=O)[nH]c(=O)[nH]1.CCCCOC(=O)c1cc(=O)n(Cc2ccc(OC)cc2)c(=O)n1Cc1ccc(OC)cc1.COc1ccc(CO)cc1.COc1ccc(Cn2c(C(=O)NCCN)cc(=O)n(Cc3ccc(OC)cc3)c2=O)cc1.COc1ccc(Cn2c(C(=O)NCCN=C(N)N)cc(=O)n(Cc3ccc(OC)cc3)c2=O)cc1.N=C(N)n1cccn1.NCCN. The molecule has 12 rings (SSSR count). The van der Waals surface area contributed by atoms with Gasteiger partial charge in [-0.25, -0.2) is 33.4 Å². The fourth-order valence-corrected chi connectivity index (χ4v) is 12.0. The quantitative estimate of drug-likeness (QED) is 0.0115. The molecule has 0 atom stereocenters. The summed E-state index contributed by atoms with van der Waals surface area (Å²) < 4.78 is 54.4. The van der Waals surface area contributed by atoms with Crippen LogP contribution in [0.15, 0.2) is 256 Å². The number of nitrogens with zero attached hydrogens (tertiary/aromatic N) is 9. The number of benzene rings is 7. The number of unbranched alkanes of at least 4 members (excludes halogenated alkanes) is 2. The summed E-state index contributed by atoms with van der Waals surface area (Å²) in [6, 6.07) is 56.0. The van der Waals surface area contributed by atoms with E-state index in [1.165, 1.54) is 30.5 Å². The number of esters is 2. The summed E-state index contributed by atoms with van der Waals surface area (Å²) in [5.41, 5.74) is 31.2. The van der Waals surface area contributed by atoms with E-state index in [9.17, 15) is 57.5 Å². The summed E-state index contributed by atoms with van der Waals surface area (Å²) in [6.07, 6.45) is 6.39. The predicted molar refractivity (Wildman–Crippen MR) is 516 cm³/mol. The van der Waals surface area contributed by atoms with Gasteiger partial charge in [-0.05, 0) is 143 Å². The number of carbonyl (C=O) groups is 4. The number of nitrogens with one attached hydrogen (secondary N) is 5. The molecule has 0 fully saturated rings. The van der Waals surface area contributed by atoms with E-state index in [1.807, 2.05) is 43.1 Å². The van der Waals surface area contributed by atoms with Gasteiger partial charge in [-0.15, -0.1) is 0 Å². The zero-order valence-corrected chi connectivity index (χ0v) is 77.7. The van der Waals surface area contributed by atoms with Crippen molar-refractivity contribution >= 4 is 35.7 Å². The van der Waals surface area contributed by atoms with E-state index < -0.39 is 68.7 Å². The van der Waals surface area contributed by atoms with E-state index in [1.54, 1.807) is 214 Å². The lowest BCUT2D eigenvalue weighted by molar-refractivity contribution is 0.0478. The first-order valence-electron chi connectivity index (χ1n) is 42.8. The van der Waals surface area contributed by atoms with Crippen molar-refractivity contribution in [2.75, 3.05) is 102 Å². The number of guanidine groups is 1. The Hall–Kier alpha value is -16.5. The maximum Gasteiger partial charge on any atom is 0.355 e. The van der Waals surface area contributed by atoms with Crippen molar-refractivity contribution < 1.29 is 66.9 Å². The molecule has 0 bridgehead atoms. The van der Waals surface area contributed by atoms with E-state index >= 15 is 0 Å². The number of carbonyl (C=O) groups excluding carboxylic acids is 4. The number of nitrogen functional groups attached to an aromatic ring is 1. The van der Waals surface area contributed by atoms with Crippen LogP contribution in [-0.2, 0) is 55.3 Å². The summed E-state index contributed by atoms with van der Waals surface area (Å²) in [6.45, 7) is 6.93. The zero-order chi connectivity index (χ0) is 100. The number of ether oxygens (including phenoxy) is 9. The molecule has 730 valence electrons. The van der Waals surface area contributed by atoms with E-state index in [4.69, 9.17) is 87.5 Å². The van der Waals surface area contributed by atoms with Gasteiger partial charge < -0.3 is 97.8 Å². The minimum Gasteiger partial charge on any atom is -0.497 e. The molecular weight excluding hydrogens is 1770 g/mol. The lowest BCUT2D eigenvalue weighted by Crippen LogP contribution is -2.44. The first kappa shape index (κ1) is 109. The summed E-state index contributed by atoms with van der Waals surface area (Å²) in [5, 5.41) is 24.4. The second kappa shape index (κ2) is 58.4. The first-order chi connectivity index (χ1) is 65.9. The second-order valence-corrected chi connectivity index (χ2v) is 29.1. The van der Waals surface area contributed by atoms with Gasteiger partial charge in [0.2, 0.25) is 5.96 Å². The van der Waals surface area contributed by atoms with Gasteiger partial charge in [0.15, 0.2) is 5.96 Å². The van der Waals surface area contributed by atoms with Crippen molar-refractivity contribution in [3.05, 3.63) is 358 Å².